The second-order valence-corrected chi connectivity index (χ2v) is 6.78. The predicted octanol–water partition coefficient (Wildman–Crippen LogP) is 4.71. The summed E-state index contributed by atoms with van der Waals surface area (Å²) in [6, 6.07) is 17.6. The van der Waals surface area contributed by atoms with Crippen molar-refractivity contribution in [2.75, 3.05) is 18.6 Å². The molecule has 0 radical (unpaired) electrons. The molecule has 0 bridgehead atoms. The largest absolute Gasteiger partial charge is 0.493 e. The van der Waals surface area contributed by atoms with E-state index in [9.17, 15) is 4.79 Å². The number of carbonyl (C=O) groups excluding carboxylic acids is 1. The van der Waals surface area contributed by atoms with Crippen molar-refractivity contribution in [1.82, 2.24) is 4.98 Å². The zero-order chi connectivity index (χ0) is 19.1. The average Bonchev–Trinajstić information content (AvgIpc) is 3.37. The SMILES string of the molecule is COc1cccc2cc(C(=O)N3CCc4cc(-c5ccncc5)ccc43)oc12. The molecule has 5 nitrogen and oxygen atoms in total. The van der Waals surface area contributed by atoms with Crippen molar-refractivity contribution >= 4 is 22.6 Å². The summed E-state index contributed by atoms with van der Waals surface area (Å²) in [5, 5.41) is 0.857. The number of carbonyl (C=O) groups is 1. The van der Waals surface area contributed by atoms with Crippen LogP contribution >= 0.6 is 0 Å². The average molecular weight is 370 g/mol. The van der Waals surface area contributed by atoms with Gasteiger partial charge in [-0.3, -0.25) is 9.78 Å². The van der Waals surface area contributed by atoms with E-state index >= 15 is 0 Å². The number of amides is 1. The molecule has 0 atom stereocenters. The summed E-state index contributed by atoms with van der Waals surface area (Å²) < 4.78 is 11.2. The number of para-hydroxylation sites is 1. The molecule has 0 aliphatic carbocycles. The smallest absolute Gasteiger partial charge is 0.294 e. The maximum absolute atomic E-state index is 13.1. The minimum atomic E-state index is -0.131. The Bertz CT molecular complexity index is 1180. The molecule has 1 aliphatic heterocycles. The van der Waals surface area contributed by atoms with Crippen molar-refractivity contribution in [2.24, 2.45) is 0 Å². The molecule has 2 aromatic carbocycles. The molecule has 0 saturated carbocycles. The molecule has 4 aromatic rings. The zero-order valence-corrected chi connectivity index (χ0v) is 15.4. The molecule has 0 unspecified atom stereocenters. The van der Waals surface area contributed by atoms with E-state index in [4.69, 9.17) is 9.15 Å². The first-order valence-electron chi connectivity index (χ1n) is 9.16. The molecule has 1 aliphatic rings. The summed E-state index contributed by atoms with van der Waals surface area (Å²) in [4.78, 5) is 19.0. The normalized spacial score (nSPS) is 13.0. The van der Waals surface area contributed by atoms with Gasteiger partial charge in [-0.1, -0.05) is 18.2 Å². The third-order valence-electron chi connectivity index (χ3n) is 5.17. The molecule has 0 spiro atoms. The molecule has 0 saturated heterocycles. The summed E-state index contributed by atoms with van der Waals surface area (Å²) in [7, 11) is 1.59. The molecule has 0 fully saturated rings. The quantitative estimate of drug-likeness (QED) is 0.524. The number of hydrogen-bond acceptors (Lipinski definition) is 4. The molecule has 138 valence electrons. The number of aromatic nitrogens is 1. The Kier molecular flexibility index (Phi) is 3.86. The second-order valence-electron chi connectivity index (χ2n) is 6.78. The van der Waals surface area contributed by atoms with Gasteiger partial charge in [0.05, 0.1) is 7.11 Å². The number of rotatable bonds is 3. The van der Waals surface area contributed by atoms with Crippen molar-refractivity contribution in [3.8, 4) is 16.9 Å². The number of nitrogens with zero attached hydrogens (tertiary/aromatic N) is 2. The van der Waals surface area contributed by atoms with Gasteiger partial charge < -0.3 is 14.1 Å². The van der Waals surface area contributed by atoms with Crippen molar-refractivity contribution in [1.29, 1.82) is 0 Å². The van der Waals surface area contributed by atoms with E-state index in [1.165, 1.54) is 0 Å². The summed E-state index contributed by atoms with van der Waals surface area (Å²) in [6.07, 6.45) is 4.39. The van der Waals surface area contributed by atoms with Crippen LogP contribution in [-0.4, -0.2) is 24.5 Å². The first-order valence-corrected chi connectivity index (χ1v) is 9.16. The fraction of sp³-hybridized carbons (Fsp3) is 0.130. The van der Waals surface area contributed by atoms with Crippen LogP contribution in [0.15, 0.2) is 71.4 Å². The lowest BCUT2D eigenvalue weighted by molar-refractivity contribution is 0.0964. The molecular weight excluding hydrogens is 352 g/mol. The summed E-state index contributed by atoms with van der Waals surface area (Å²) in [5.41, 5.74) is 4.95. The van der Waals surface area contributed by atoms with Gasteiger partial charge in [-0.25, -0.2) is 0 Å². The highest BCUT2D eigenvalue weighted by Gasteiger charge is 2.28. The van der Waals surface area contributed by atoms with E-state index in [0.29, 0.717) is 23.6 Å². The lowest BCUT2D eigenvalue weighted by atomic mass is 10.0. The maximum atomic E-state index is 13.1. The number of benzene rings is 2. The van der Waals surface area contributed by atoms with Gasteiger partial charge >= 0.3 is 0 Å². The van der Waals surface area contributed by atoms with E-state index in [1.54, 1.807) is 30.5 Å². The van der Waals surface area contributed by atoms with Gasteiger partial charge in [0.25, 0.3) is 5.91 Å². The molecule has 0 N–H and O–H groups in total. The van der Waals surface area contributed by atoms with Gasteiger partial charge in [0.1, 0.15) is 0 Å². The van der Waals surface area contributed by atoms with Crippen molar-refractivity contribution in [3.05, 3.63) is 78.3 Å². The number of pyridine rings is 1. The lowest BCUT2D eigenvalue weighted by Gasteiger charge is -2.16. The number of fused-ring (bicyclic) bond motifs is 2. The molecular formula is C23H18N2O3. The number of anilines is 1. The third-order valence-corrected chi connectivity index (χ3v) is 5.17. The predicted molar refractivity (Wildman–Crippen MR) is 108 cm³/mol. The van der Waals surface area contributed by atoms with E-state index in [1.807, 2.05) is 42.5 Å². The van der Waals surface area contributed by atoms with Gasteiger partial charge in [0.15, 0.2) is 17.1 Å². The minimum Gasteiger partial charge on any atom is -0.493 e. The number of ether oxygens (including phenoxy) is 1. The number of furan rings is 1. The summed E-state index contributed by atoms with van der Waals surface area (Å²) in [6.45, 7) is 0.641. The van der Waals surface area contributed by atoms with Crippen LogP contribution in [0.2, 0.25) is 0 Å². The van der Waals surface area contributed by atoms with Gasteiger partial charge in [0, 0.05) is 30.0 Å². The van der Waals surface area contributed by atoms with Gasteiger partial charge in [-0.2, -0.15) is 0 Å². The first kappa shape index (κ1) is 16.6. The van der Waals surface area contributed by atoms with Gasteiger partial charge in [0.2, 0.25) is 0 Å². The third kappa shape index (κ3) is 2.63. The second kappa shape index (κ2) is 6.53. The highest BCUT2D eigenvalue weighted by atomic mass is 16.5. The Morgan fingerprint density at radius 1 is 1.07 bits per heavy atom. The topological polar surface area (TPSA) is 55.6 Å². The van der Waals surface area contributed by atoms with Crippen LogP contribution < -0.4 is 9.64 Å². The highest BCUT2D eigenvalue weighted by Crippen LogP contribution is 2.35. The van der Waals surface area contributed by atoms with Crippen LogP contribution in [0.25, 0.3) is 22.1 Å². The first-order chi connectivity index (χ1) is 13.7. The van der Waals surface area contributed by atoms with Crippen LogP contribution in [0.5, 0.6) is 5.75 Å². The monoisotopic (exact) mass is 370 g/mol. The Balaban J connectivity index is 1.48. The van der Waals surface area contributed by atoms with Crippen LogP contribution in [0.1, 0.15) is 16.1 Å². The zero-order valence-electron chi connectivity index (χ0n) is 15.4. The Labute approximate surface area is 162 Å². The maximum Gasteiger partial charge on any atom is 0.294 e. The van der Waals surface area contributed by atoms with Crippen LogP contribution in [0, 0.1) is 0 Å². The van der Waals surface area contributed by atoms with Crippen molar-refractivity contribution in [3.63, 3.8) is 0 Å². The molecule has 2 aromatic heterocycles. The molecule has 3 heterocycles. The fourth-order valence-corrected chi connectivity index (χ4v) is 3.77. The van der Waals surface area contributed by atoms with Crippen LogP contribution in [0.4, 0.5) is 5.69 Å². The summed E-state index contributed by atoms with van der Waals surface area (Å²) in [5.74, 6) is 0.819. The van der Waals surface area contributed by atoms with Crippen molar-refractivity contribution in [2.45, 2.75) is 6.42 Å². The standard InChI is InChI=1S/C23H18N2O3/c1-27-20-4-2-3-18-14-21(28-22(18)20)23(26)25-12-9-17-13-16(5-6-19(17)25)15-7-10-24-11-8-15/h2-8,10-11,13-14H,9,12H2,1H3. The number of hydrogen-bond donors (Lipinski definition) is 0. The Morgan fingerprint density at radius 3 is 2.75 bits per heavy atom. The molecule has 5 rings (SSSR count). The van der Waals surface area contributed by atoms with Crippen LogP contribution in [0.3, 0.4) is 0 Å². The molecule has 1 amide bonds. The minimum absolute atomic E-state index is 0.131. The van der Waals surface area contributed by atoms with E-state index in [-0.39, 0.29) is 5.91 Å². The van der Waals surface area contributed by atoms with Crippen LogP contribution in [-0.2, 0) is 6.42 Å². The van der Waals surface area contributed by atoms with E-state index in [0.717, 1.165) is 34.2 Å². The van der Waals surface area contributed by atoms with E-state index in [2.05, 4.69) is 11.1 Å². The Hall–Kier alpha value is -3.60. The Morgan fingerprint density at radius 2 is 1.93 bits per heavy atom. The van der Waals surface area contributed by atoms with E-state index < -0.39 is 0 Å². The van der Waals surface area contributed by atoms with Gasteiger partial charge in [-0.05, 0) is 59.5 Å². The fourth-order valence-electron chi connectivity index (χ4n) is 3.77. The van der Waals surface area contributed by atoms with Crippen molar-refractivity contribution < 1.29 is 13.9 Å². The number of methoxy groups -OCH3 is 1. The summed E-state index contributed by atoms with van der Waals surface area (Å²) >= 11 is 0. The molecule has 28 heavy (non-hydrogen) atoms. The molecule has 5 heteroatoms. The highest BCUT2D eigenvalue weighted by molar-refractivity contribution is 6.08. The lowest BCUT2D eigenvalue weighted by Crippen LogP contribution is -2.28. The van der Waals surface area contributed by atoms with Gasteiger partial charge in [-0.15, -0.1) is 0 Å².